The molecule has 0 aliphatic heterocycles. The van der Waals surface area contributed by atoms with Crippen LogP contribution in [0.2, 0.25) is 21.8 Å². The maximum Gasteiger partial charge on any atom is -1.00 e. The van der Waals surface area contributed by atoms with Crippen LogP contribution >= 0.6 is 0 Å². The van der Waals surface area contributed by atoms with E-state index in [0.29, 0.717) is 0 Å². The van der Waals surface area contributed by atoms with Gasteiger partial charge in [0.25, 0.3) is 0 Å². The number of hydrogen-bond donors (Lipinski definition) is 0. The Bertz CT molecular complexity index is 343. The SMILES string of the molecule is C[As+](C)(CCCC#N)CCc1ccccc1.[Br-]. The number of rotatable bonds is 6. The van der Waals surface area contributed by atoms with Crippen molar-refractivity contribution in [2.24, 2.45) is 0 Å². The van der Waals surface area contributed by atoms with Gasteiger partial charge in [-0.3, -0.25) is 0 Å². The molecule has 1 rings (SSSR count). The van der Waals surface area contributed by atoms with Gasteiger partial charge >= 0.3 is 102 Å². The summed E-state index contributed by atoms with van der Waals surface area (Å²) in [6.07, 6.45) is 3.05. The van der Waals surface area contributed by atoms with E-state index in [0.717, 1.165) is 12.8 Å². The van der Waals surface area contributed by atoms with E-state index in [1.54, 1.807) is 0 Å². The van der Waals surface area contributed by atoms with Crippen LogP contribution in [-0.2, 0) is 6.42 Å². The van der Waals surface area contributed by atoms with Gasteiger partial charge in [0, 0.05) is 0 Å². The zero-order chi connectivity index (χ0) is 11.9. The standard InChI is InChI=1S/C14H21AsN.BrH/c1-15(2,11-6-7-13-16)12-10-14-8-4-3-5-9-14;/h3-5,8-9H,6-7,10-12H2,1-2H3;1H/q+1;/p-1. The Kier molecular flexibility index (Phi) is 8.65. The van der Waals surface area contributed by atoms with Crippen LogP contribution in [0.1, 0.15) is 18.4 Å². The van der Waals surface area contributed by atoms with Gasteiger partial charge in [0.05, 0.1) is 0 Å². The Morgan fingerprint density at radius 2 is 1.76 bits per heavy atom. The van der Waals surface area contributed by atoms with Gasteiger partial charge in [-0.15, -0.1) is 0 Å². The van der Waals surface area contributed by atoms with Gasteiger partial charge in [-0.05, 0) is 0 Å². The van der Waals surface area contributed by atoms with Gasteiger partial charge in [-0.25, -0.2) is 0 Å². The molecule has 17 heavy (non-hydrogen) atoms. The number of nitriles is 1. The van der Waals surface area contributed by atoms with E-state index in [1.165, 1.54) is 22.4 Å². The third-order valence-electron chi connectivity index (χ3n) is 2.90. The maximum atomic E-state index is 8.54. The van der Waals surface area contributed by atoms with E-state index in [-0.39, 0.29) is 17.0 Å². The first-order valence-corrected chi connectivity index (χ1v) is 12.3. The van der Waals surface area contributed by atoms with Crippen LogP contribution < -0.4 is 17.0 Å². The zero-order valence-corrected chi connectivity index (χ0v) is 14.2. The molecule has 0 N–H and O–H groups in total. The Labute approximate surface area is 118 Å². The fourth-order valence-electron chi connectivity index (χ4n) is 1.77. The number of hydrogen-bond acceptors (Lipinski definition) is 1. The van der Waals surface area contributed by atoms with E-state index in [4.69, 9.17) is 5.26 Å². The molecule has 0 unspecified atom stereocenters. The number of aryl methyl sites for hydroxylation is 1. The van der Waals surface area contributed by atoms with Crippen molar-refractivity contribution in [3.8, 4) is 6.07 Å². The fourth-order valence-corrected chi connectivity index (χ4v) is 6.18. The fraction of sp³-hybridized carbons (Fsp3) is 0.500. The van der Waals surface area contributed by atoms with Crippen molar-refractivity contribution in [2.45, 2.75) is 41.1 Å². The molecule has 0 fully saturated rings. The van der Waals surface area contributed by atoms with Crippen molar-refractivity contribution in [3.05, 3.63) is 35.9 Å². The summed E-state index contributed by atoms with van der Waals surface area (Å²) in [5, 5.41) is 11.2. The third-order valence-corrected chi connectivity index (χ3v) is 9.11. The summed E-state index contributed by atoms with van der Waals surface area (Å²) >= 11 is -1.41. The van der Waals surface area contributed by atoms with Crippen molar-refractivity contribution in [1.29, 1.82) is 5.26 Å². The summed E-state index contributed by atoms with van der Waals surface area (Å²) in [5.41, 5.74) is 6.40. The molecule has 1 aromatic carbocycles. The minimum atomic E-state index is -1.41. The summed E-state index contributed by atoms with van der Waals surface area (Å²) in [5.74, 6) is 0. The van der Waals surface area contributed by atoms with E-state index in [1.807, 2.05) is 0 Å². The molecule has 0 bridgehead atoms. The molecule has 3 heteroatoms. The number of halogens is 1. The van der Waals surface area contributed by atoms with Crippen LogP contribution in [0.4, 0.5) is 0 Å². The van der Waals surface area contributed by atoms with Gasteiger partial charge in [0.2, 0.25) is 0 Å². The molecule has 0 aliphatic carbocycles. The second-order valence-corrected chi connectivity index (χ2v) is 14.9. The smallest absolute Gasteiger partial charge is 1.00 e. The van der Waals surface area contributed by atoms with E-state index in [9.17, 15) is 0 Å². The van der Waals surface area contributed by atoms with Gasteiger partial charge in [0.15, 0.2) is 0 Å². The first-order valence-electron chi connectivity index (χ1n) is 5.87. The minimum Gasteiger partial charge on any atom is -1.00 e. The molecule has 0 spiro atoms. The Hall–Kier alpha value is -0.252. The quantitative estimate of drug-likeness (QED) is 0.555. The molecule has 0 saturated heterocycles. The van der Waals surface area contributed by atoms with Crippen molar-refractivity contribution in [2.75, 3.05) is 0 Å². The summed E-state index contributed by atoms with van der Waals surface area (Å²) in [6.45, 7) is 0. The van der Waals surface area contributed by atoms with Crippen LogP contribution in [0.5, 0.6) is 0 Å². The van der Waals surface area contributed by atoms with Crippen LogP contribution in [-0.4, -0.2) is 13.6 Å². The predicted octanol–water partition coefficient (Wildman–Crippen LogP) is 1.25. The van der Waals surface area contributed by atoms with Crippen molar-refractivity contribution in [1.82, 2.24) is 0 Å². The maximum absolute atomic E-state index is 8.54. The molecule has 0 atom stereocenters. The molecule has 94 valence electrons. The zero-order valence-electron chi connectivity index (χ0n) is 10.7. The van der Waals surface area contributed by atoms with E-state index in [2.05, 4.69) is 47.8 Å². The van der Waals surface area contributed by atoms with Crippen LogP contribution in [0.15, 0.2) is 30.3 Å². The largest absolute Gasteiger partial charge is 1.00 e. The first-order chi connectivity index (χ1) is 7.64. The van der Waals surface area contributed by atoms with Crippen LogP contribution in [0, 0.1) is 11.3 Å². The van der Waals surface area contributed by atoms with E-state index >= 15 is 0 Å². The normalized spacial score (nSPS) is 10.4. The van der Waals surface area contributed by atoms with Gasteiger partial charge in [0.1, 0.15) is 0 Å². The molecular formula is C14H21AsBrN. The van der Waals surface area contributed by atoms with Crippen molar-refractivity contribution in [3.63, 3.8) is 0 Å². The minimum absolute atomic E-state index is 0. The molecule has 0 saturated carbocycles. The molecular weight excluding hydrogens is 337 g/mol. The van der Waals surface area contributed by atoms with Crippen LogP contribution in [0.25, 0.3) is 0 Å². The van der Waals surface area contributed by atoms with Gasteiger partial charge in [-0.2, -0.15) is 0 Å². The second kappa shape index (κ2) is 8.78. The third kappa shape index (κ3) is 7.63. The average Bonchev–Trinajstić information content (AvgIpc) is 2.28. The monoisotopic (exact) mass is 357 g/mol. The summed E-state index contributed by atoms with van der Waals surface area (Å²) in [7, 11) is 0. The molecule has 0 aromatic heterocycles. The Morgan fingerprint density at radius 3 is 2.35 bits per heavy atom. The van der Waals surface area contributed by atoms with Gasteiger partial charge < -0.3 is 17.0 Å². The second-order valence-electron chi connectivity index (χ2n) is 4.88. The van der Waals surface area contributed by atoms with E-state index < -0.39 is 13.6 Å². The molecule has 0 radical (unpaired) electrons. The molecule has 0 heterocycles. The summed E-state index contributed by atoms with van der Waals surface area (Å²) in [6, 6.07) is 13.0. The molecule has 1 nitrogen and oxygen atoms in total. The summed E-state index contributed by atoms with van der Waals surface area (Å²) in [4.78, 5) is 0. The molecule has 1 aromatic rings. The number of nitrogens with zero attached hydrogens (tertiary/aromatic N) is 1. The van der Waals surface area contributed by atoms with Crippen LogP contribution in [0.3, 0.4) is 0 Å². The summed E-state index contributed by atoms with van der Waals surface area (Å²) < 4.78 is 0. The molecule has 0 aliphatic rings. The Balaban J connectivity index is 0.00000256. The van der Waals surface area contributed by atoms with Crippen molar-refractivity contribution < 1.29 is 17.0 Å². The first kappa shape index (κ1) is 16.7. The topological polar surface area (TPSA) is 23.8 Å². The molecule has 0 amide bonds. The average molecular weight is 358 g/mol. The van der Waals surface area contributed by atoms with Gasteiger partial charge in [-0.1, -0.05) is 0 Å². The number of unbranched alkanes of at least 4 members (excludes halogenated alkanes) is 1. The number of benzene rings is 1. The Morgan fingerprint density at radius 1 is 1.12 bits per heavy atom. The van der Waals surface area contributed by atoms with Crippen molar-refractivity contribution >= 4 is 13.6 Å². The predicted molar refractivity (Wildman–Crippen MR) is 72.1 cm³/mol.